The van der Waals surface area contributed by atoms with Crippen LogP contribution < -0.4 is 9.75 Å². The van der Waals surface area contributed by atoms with Crippen molar-refractivity contribution in [3.63, 3.8) is 0 Å². The molecule has 8 rings (SSSR count). The molecule has 0 fully saturated rings. The highest BCUT2D eigenvalue weighted by Gasteiger charge is 2.34. The third-order valence-electron chi connectivity index (χ3n) is 10.9. The highest BCUT2D eigenvalue weighted by Crippen LogP contribution is 2.43. The molecular weight excluding hydrogens is 649 g/mol. The van der Waals surface area contributed by atoms with Gasteiger partial charge in [0.1, 0.15) is 16.8 Å². The van der Waals surface area contributed by atoms with Crippen LogP contribution in [0.15, 0.2) is 126 Å². The minimum Gasteiger partial charge on any atom is -0.455 e. The summed E-state index contributed by atoms with van der Waals surface area (Å²) in [7, 11) is 0.691. The van der Waals surface area contributed by atoms with E-state index < -0.39 is 8.07 Å². The molecule has 4 heteroatoms. The molecule has 0 aliphatic rings. The molecule has 8 aromatic rings. The van der Waals surface area contributed by atoms with E-state index in [-0.39, 0.29) is 0 Å². The van der Waals surface area contributed by atoms with Crippen LogP contribution in [0.2, 0.25) is 19.6 Å². The van der Waals surface area contributed by atoms with Crippen molar-refractivity contribution in [2.75, 3.05) is 0 Å². The molecule has 2 heterocycles. The maximum absolute atomic E-state index is 6.97. The lowest BCUT2D eigenvalue weighted by Gasteiger charge is -2.21. The maximum Gasteiger partial charge on any atom is 0.299 e. The van der Waals surface area contributed by atoms with Crippen LogP contribution in [-0.2, 0) is 7.05 Å². The van der Waals surface area contributed by atoms with Crippen LogP contribution in [0.3, 0.4) is 0 Å². The van der Waals surface area contributed by atoms with Gasteiger partial charge in [-0.2, -0.15) is 4.57 Å². The summed E-state index contributed by atoms with van der Waals surface area (Å²) >= 11 is 0. The van der Waals surface area contributed by atoms with Crippen molar-refractivity contribution in [3.8, 4) is 39.3 Å². The van der Waals surface area contributed by atoms with E-state index in [0.717, 1.165) is 27.9 Å². The number of imidazole rings is 1. The first-order chi connectivity index (χ1) is 24.9. The fourth-order valence-corrected chi connectivity index (χ4v) is 9.12. The number of aromatic nitrogens is 2. The zero-order valence-electron chi connectivity index (χ0n) is 32.0. The van der Waals surface area contributed by atoms with Crippen LogP contribution in [-0.4, -0.2) is 12.6 Å². The number of aryl methyl sites for hydroxylation is 2. The Kier molecular flexibility index (Phi) is 8.34. The summed E-state index contributed by atoms with van der Waals surface area (Å²) in [5.74, 6) is 1.72. The van der Waals surface area contributed by atoms with Crippen molar-refractivity contribution in [2.24, 2.45) is 7.05 Å². The summed E-state index contributed by atoms with van der Waals surface area (Å²) < 4.78 is 11.9. The van der Waals surface area contributed by atoms with E-state index in [9.17, 15) is 0 Å². The molecule has 0 atom stereocenters. The second-order valence-corrected chi connectivity index (χ2v) is 21.2. The fraction of sp³-hybridized carbons (Fsp3) is 0.229. The third kappa shape index (κ3) is 5.61. The Hall–Kier alpha value is -5.19. The quantitative estimate of drug-likeness (QED) is 0.120. The topological polar surface area (TPSA) is 21.9 Å². The van der Waals surface area contributed by atoms with E-state index in [4.69, 9.17) is 4.42 Å². The van der Waals surface area contributed by atoms with E-state index in [0.29, 0.717) is 11.8 Å². The van der Waals surface area contributed by atoms with Gasteiger partial charge >= 0.3 is 0 Å². The lowest BCUT2D eigenvalue weighted by atomic mass is 9.87. The zero-order chi connectivity index (χ0) is 36.5. The number of hydrogen-bond donors (Lipinski definition) is 0. The standard InChI is InChI=1S/C48H49N2OSi/c1-30(2)40-27-36(35-22-20-34(21-23-35)33-15-11-10-12-16-33)28-41(31(3)4)46(40)50-43-18-14-13-17-42(43)49(6)48(50)45-32(5)19-25-39-38-26-24-37(52(7,8)9)29-44(38)51-47(39)45/h10-31H,1-9H3/q+1. The van der Waals surface area contributed by atoms with Gasteiger partial charge in [0.2, 0.25) is 0 Å². The lowest BCUT2D eigenvalue weighted by molar-refractivity contribution is -0.633. The minimum atomic E-state index is -1.52. The Morgan fingerprint density at radius 2 is 1.19 bits per heavy atom. The highest BCUT2D eigenvalue weighted by atomic mass is 28.3. The number of para-hydroxylation sites is 2. The van der Waals surface area contributed by atoms with Crippen LogP contribution in [0.1, 0.15) is 56.2 Å². The molecule has 0 N–H and O–H groups in total. The van der Waals surface area contributed by atoms with Gasteiger partial charge in [0.25, 0.3) is 5.82 Å². The normalized spacial score (nSPS) is 12.3. The van der Waals surface area contributed by atoms with Gasteiger partial charge in [0.15, 0.2) is 16.6 Å². The van der Waals surface area contributed by atoms with Gasteiger partial charge in [-0.15, -0.1) is 0 Å². The molecule has 0 saturated carbocycles. The number of rotatable bonds is 7. The van der Waals surface area contributed by atoms with Gasteiger partial charge in [-0.25, -0.2) is 4.57 Å². The van der Waals surface area contributed by atoms with Crippen molar-refractivity contribution >= 4 is 46.2 Å². The van der Waals surface area contributed by atoms with Gasteiger partial charge in [-0.3, -0.25) is 0 Å². The second kappa shape index (κ2) is 12.8. The molecular formula is C48H49N2OSi+. The summed E-state index contributed by atoms with van der Waals surface area (Å²) in [5.41, 5.74) is 15.6. The monoisotopic (exact) mass is 697 g/mol. The van der Waals surface area contributed by atoms with Gasteiger partial charge in [-0.05, 0) is 76.9 Å². The molecule has 3 nitrogen and oxygen atoms in total. The van der Waals surface area contributed by atoms with Crippen molar-refractivity contribution in [1.82, 2.24) is 4.57 Å². The van der Waals surface area contributed by atoms with E-state index in [1.807, 2.05) is 0 Å². The molecule has 0 spiro atoms. The Morgan fingerprint density at radius 1 is 0.615 bits per heavy atom. The van der Waals surface area contributed by atoms with Crippen LogP contribution in [0, 0.1) is 6.92 Å². The van der Waals surface area contributed by atoms with Crippen molar-refractivity contribution in [3.05, 3.63) is 138 Å². The first-order valence-electron chi connectivity index (χ1n) is 18.7. The molecule has 2 aromatic heterocycles. The van der Waals surface area contributed by atoms with Crippen molar-refractivity contribution in [2.45, 2.75) is 66.1 Å². The third-order valence-corrected chi connectivity index (χ3v) is 13.0. The largest absolute Gasteiger partial charge is 0.455 e. The minimum absolute atomic E-state index is 0.290. The Bertz CT molecular complexity index is 2590. The summed E-state index contributed by atoms with van der Waals surface area (Å²) in [4.78, 5) is 0. The SMILES string of the molecule is Cc1ccc2c(oc3cc([Si](C)(C)C)ccc32)c1-c1n(-c2c(C(C)C)cc(-c3ccc(-c4ccccc4)cc3)cc2C(C)C)c2ccccc2[n+]1C. The van der Waals surface area contributed by atoms with Gasteiger partial charge in [0.05, 0.1) is 15.1 Å². The van der Waals surface area contributed by atoms with E-state index in [1.165, 1.54) is 66.2 Å². The van der Waals surface area contributed by atoms with Crippen LogP contribution >= 0.6 is 0 Å². The number of benzene rings is 6. The Labute approximate surface area is 309 Å². The molecule has 52 heavy (non-hydrogen) atoms. The molecule has 6 aromatic carbocycles. The molecule has 0 unspecified atom stereocenters. The van der Waals surface area contributed by atoms with Crippen LogP contribution in [0.5, 0.6) is 0 Å². The Morgan fingerprint density at radius 3 is 1.83 bits per heavy atom. The van der Waals surface area contributed by atoms with E-state index in [2.05, 4.69) is 192 Å². The average molecular weight is 698 g/mol. The molecule has 0 bridgehead atoms. The smallest absolute Gasteiger partial charge is 0.299 e. The molecule has 260 valence electrons. The molecule has 0 aliphatic heterocycles. The Balaban J connectivity index is 1.41. The fourth-order valence-electron chi connectivity index (χ4n) is 7.97. The predicted molar refractivity (Wildman–Crippen MR) is 224 cm³/mol. The van der Waals surface area contributed by atoms with E-state index >= 15 is 0 Å². The highest BCUT2D eigenvalue weighted by molar-refractivity contribution is 6.88. The molecule has 0 radical (unpaired) electrons. The lowest BCUT2D eigenvalue weighted by Crippen LogP contribution is -2.37. The summed E-state index contributed by atoms with van der Waals surface area (Å²) in [6.07, 6.45) is 0. The number of nitrogens with zero attached hydrogens (tertiary/aromatic N) is 2. The first-order valence-corrected chi connectivity index (χ1v) is 22.2. The molecule has 0 amide bonds. The van der Waals surface area contributed by atoms with Crippen molar-refractivity contribution in [1.29, 1.82) is 0 Å². The summed E-state index contributed by atoms with van der Waals surface area (Å²) in [6, 6.07) is 44.8. The zero-order valence-corrected chi connectivity index (χ0v) is 33.0. The summed E-state index contributed by atoms with van der Waals surface area (Å²) in [5, 5.41) is 3.75. The van der Waals surface area contributed by atoms with Crippen LogP contribution in [0.25, 0.3) is 72.3 Å². The predicted octanol–water partition coefficient (Wildman–Crippen LogP) is 12.5. The second-order valence-electron chi connectivity index (χ2n) is 16.2. The maximum atomic E-state index is 6.97. The molecule has 0 aliphatic carbocycles. The van der Waals surface area contributed by atoms with Gasteiger partial charge in [0, 0.05) is 21.9 Å². The average Bonchev–Trinajstić information content (AvgIpc) is 3.65. The van der Waals surface area contributed by atoms with Crippen molar-refractivity contribution < 1.29 is 8.98 Å². The van der Waals surface area contributed by atoms with Crippen LogP contribution in [0.4, 0.5) is 0 Å². The number of furan rings is 1. The molecule has 0 saturated heterocycles. The van der Waals surface area contributed by atoms with E-state index in [1.54, 1.807) is 0 Å². The summed E-state index contributed by atoms with van der Waals surface area (Å²) in [6.45, 7) is 18.7. The number of hydrogen-bond acceptors (Lipinski definition) is 1. The first kappa shape index (κ1) is 33.9. The van der Waals surface area contributed by atoms with Gasteiger partial charge in [-0.1, -0.05) is 144 Å². The number of fused-ring (bicyclic) bond motifs is 4. The van der Waals surface area contributed by atoms with Gasteiger partial charge < -0.3 is 4.42 Å².